The van der Waals surface area contributed by atoms with Crippen LogP contribution in [0.5, 0.6) is 5.75 Å². The van der Waals surface area contributed by atoms with Gasteiger partial charge in [-0.05, 0) is 49.7 Å². The fraction of sp³-hybridized carbons (Fsp3) is 0.217. The lowest BCUT2D eigenvalue weighted by atomic mass is 10.1. The second-order valence-corrected chi connectivity index (χ2v) is 8.54. The summed E-state index contributed by atoms with van der Waals surface area (Å²) in [7, 11) is 0. The molecule has 0 atom stereocenters. The van der Waals surface area contributed by atoms with E-state index in [0.717, 1.165) is 16.0 Å². The van der Waals surface area contributed by atoms with E-state index in [1.54, 1.807) is 24.3 Å². The van der Waals surface area contributed by atoms with Gasteiger partial charge in [-0.15, -0.1) is 11.3 Å². The SMILES string of the molecule is Cc1sc(NC(=O)CCn2cnc3c(C)cccc3c2=O)nc1-c1ccc(OC(F)F)cc1. The average molecular weight is 471 g/mol. The summed E-state index contributed by atoms with van der Waals surface area (Å²) in [6.45, 7) is 1.05. The molecule has 0 aliphatic heterocycles. The first-order chi connectivity index (χ1) is 15.8. The number of hydrogen-bond acceptors (Lipinski definition) is 6. The van der Waals surface area contributed by atoms with E-state index in [0.29, 0.717) is 21.7 Å². The first-order valence-corrected chi connectivity index (χ1v) is 10.9. The number of ether oxygens (including phenoxy) is 1. The van der Waals surface area contributed by atoms with Crippen LogP contribution in [0.2, 0.25) is 0 Å². The molecular weight excluding hydrogens is 450 g/mol. The third-order valence-electron chi connectivity index (χ3n) is 5.03. The Balaban J connectivity index is 1.42. The molecule has 4 aromatic rings. The third-order valence-corrected chi connectivity index (χ3v) is 5.92. The molecule has 0 radical (unpaired) electrons. The van der Waals surface area contributed by atoms with Gasteiger partial charge in [0.15, 0.2) is 5.13 Å². The predicted molar refractivity (Wildman–Crippen MR) is 123 cm³/mol. The average Bonchev–Trinajstić information content (AvgIpc) is 3.13. The molecule has 33 heavy (non-hydrogen) atoms. The Morgan fingerprint density at radius 3 is 2.67 bits per heavy atom. The fourth-order valence-corrected chi connectivity index (χ4v) is 4.26. The van der Waals surface area contributed by atoms with Crippen molar-refractivity contribution < 1.29 is 18.3 Å². The van der Waals surface area contributed by atoms with Crippen molar-refractivity contribution in [3.8, 4) is 17.0 Å². The number of benzene rings is 2. The molecule has 0 bridgehead atoms. The normalized spacial score (nSPS) is 11.2. The van der Waals surface area contributed by atoms with E-state index in [1.807, 2.05) is 19.9 Å². The van der Waals surface area contributed by atoms with Crippen LogP contribution in [0, 0.1) is 13.8 Å². The number of amides is 1. The molecular formula is C23H20F2N4O3S. The van der Waals surface area contributed by atoms with E-state index in [2.05, 4.69) is 20.0 Å². The second-order valence-electron chi connectivity index (χ2n) is 7.34. The van der Waals surface area contributed by atoms with Crippen LogP contribution in [0.15, 0.2) is 53.6 Å². The number of thiazole rings is 1. The van der Waals surface area contributed by atoms with E-state index in [9.17, 15) is 18.4 Å². The standard InChI is InChI=1S/C23H20F2N4O3S/c1-13-4-3-5-17-19(13)26-12-29(21(17)31)11-10-18(30)27-23-28-20(14(2)33-23)15-6-8-16(9-7-15)32-22(24)25/h3-9,12,22H,10-11H2,1-2H3,(H,27,28,30). The molecule has 7 nitrogen and oxygen atoms in total. The zero-order chi connectivity index (χ0) is 23.5. The Labute approximate surface area is 191 Å². The Hall–Kier alpha value is -3.66. The van der Waals surface area contributed by atoms with Gasteiger partial charge in [0.1, 0.15) is 5.75 Å². The van der Waals surface area contributed by atoms with Gasteiger partial charge in [0.2, 0.25) is 5.91 Å². The molecule has 0 aliphatic rings. The van der Waals surface area contributed by atoms with Gasteiger partial charge in [0.25, 0.3) is 5.56 Å². The summed E-state index contributed by atoms with van der Waals surface area (Å²) in [4.78, 5) is 34.8. The first-order valence-electron chi connectivity index (χ1n) is 10.1. The summed E-state index contributed by atoms with van der Waals surface area (Å²) in [5.41, 5.74) is 2.74. The van der Waals surface area contributed by atoms with Crippen molar-refractivity contribution in [2.75, 3.05) is 5.32 Å². The number of nitrogens with one attached hydrogen (secondary N) is 1. The van der Waals surface area contributed by atoms with Crippen LogP contribution in [-0.2, 0) is 11.3 Å². The quantitative estimate of drug-likeness (QED) is 0.421. The van der Waals surface area contributed by atoms with Gasteiger partial charge in [-0.25, -0.2) is 9.97 Å². The highest BCUT2D eigenvalue weighted by molar-refractivity contribution is 7.16. The van der Waals surface area contributed by atoms with Gasteiger partial charge in [-0.1, -0.05) is 12.1 Å². The minimum atomic E-state index is -2.89. The van der Waals surface area contributed by atoms with E-state index in [-0.39, 0.29) is 30.2 Å². The molecule has 2 aromatic carbocycles. The highest BCUT2D eigenvalue weighted by Gasteiger charge is 2.14. The van der Waals surface area contributed by atoms with Crippen LogP contribution >= 0.6 is 11.3 Å². The summed E-state index contributed by atoms with van der Waals surface area (Å²) in [6, 6.07) is 11.6. The number of halogens is 2. The van der Waals surface area contributed by atoms with E-state index >= 15 is 0 Å². The first kappa shape index (κ1) is 22.5. The number of carbonyl (C=O) groups is 1. The zero-order valence-corrected chi connectivity index (χ0v) is 18.7. The molecule has 1 amide bonds. The van der Waals surface area contributed by atoms with Crippen molar-refractivity contribution in [1.29, 1.82) is 0 Å². The monoisotopic (exact) mass is 470 g/mol. The van der Waals surface area contributed by atoms with Crippen molar-refractivity contribution in [3.05, 3.63) is 69.6 Å². The molecule has 0 aliphatic carbocycles. The van der Waals surface area contributed by atoms with Gasteiger partial charge in [0.05, 0.1) is 22.9 Å². The molecule has 0 saturated heterocycles. The Morgan fingerprint density at radius 2 is 1.94 bits per heavy atom. The minimum Gasteiger partial charge on any atom is -0.435 e. The van der Waals surface area contributed by atoms with Crippen LogP contribution in [0.3, 0.4) is 0 Å². The number of nitrogens with zero attached hydrogens (tertiary/aromatic N) is 3. The maximum absolute atomic E-state index is 12.7. The summed E-state index contributed by atoms with van der Waals surface area (Å²) < 4.78 is 30.4. The largest absolute Gasteiger partial charge is 0.435 e. The van der Waals surface area contributed by atoms with Crippen molar-refractivity contribution in [2.45, 2.75) is 33.4 Å². The number of alkyl halides is 2. The molecule has 1 N–H and O–H groups in total. The smallest absolute Gasteiger partial charge is 0.387 e. The number of aryl methyl sites for hydroxylation is 3. The van der Waals surface area contributed by atoms with Crippen molar-refractivity contribution in [3.63, 3.8) is 0 Å². The van der Waals surface area contributed by atoms with Gasteiger partial charge in [-0.3, -0.25) is 14.2 Å². The van der Waals surface area contributed by atoms with Crippen molar-refractivity contribution >= 4 is 33.3 Å². The molecule has 0 saturated carbocycles. The topological polar surface area (TPSA) is 86.1 Å². The van der Waals surface area contributed by atoms with Gasteiger partial charge >= 0.3 is 6.61 Å². The Morgan fingerprint density at radius 1 is 1.18 bits per heavy atom. The highest BCUT2D eigenvalue weighted by Crippen LogP contribution is 2.31. The maximum Gasteiger partial charge on any atom is 0.387 e. The molecule has 2 heterocycles. The Kier molecular flexibility index (Phi) is 6.45. The molecule has 0 unspecified atom stereocenters. The fourth-order valence-electron chi connectivity index (χ4n) is 3.41. The molecule has 0 spiro atoms. The number of anilines is 1. The molecule has 0 fully saturated rings. The predicted octanol–water partition coefficient (Wildman–Crippen LogP) is 4.77. The van der Waals surface area contributed by atoms with Crippen molar-refractivity contribution in [2.24, 2.45) is 0 Å². The number of fused-ring (bicyclic) bond motifs is 1. The highest BCUT2D eigenvalue weighted by atomic mass is 32.1. The van der Waals surface area contributed by atoms with Gasteiger partial charge < -0.3 is 10.1 Å². The lowest BCUT2D eigenvalue weighted by molar-refractivity contribution is -0.116. The lowest BCUT2D eigenvalue weighted by Crippen LogP contribution is -2.23. The molecule has 10 heteroatoms. The van der Waals surface area contributed by atoms with Gasteiger partial charge in [0, 0.05) is 23.4 Å². The molecule has 2 aromatic heterocycles. The Bertz CT molecular complexity index is 1370. The maximum atomic E-state index is 12.7. The lowest BCUT2D eigenvalue weighted by Gasteiger charge is -2.07. The van der Waals surface area contributed by atoms with E-state index in [4.69, 9.17) is 0 Å². The number of para-hydroxylation sites is 1. The van der Waals surface area contributed by atoms with Crippen LogP contribution in [-0.4, -0.2) is 27.1 Å². The number of aromatic nitrogens is 3. The number of carbonyl (C=O) groups excluding carboxylic acids is 1. The minimum absolute atomic E-state index is 0.0590. The van der Waals surface area contributed by atoms with Crippen LogP contribution in [0.25, 0.3) is 22.2 Å². The number of rotatable bonds is 7. The van der Waals surface area contributed by atoms with Crippen LogP contribution in [0.1, 0.15) is 16.9 Å². The molecule has 170 valence electrons. The summed E-state index contributed by atoms with van der Waals surface area (Å²) in [5.74, 6) is -0.226. The third kappa shape index (κ3) is 5.06. The zero-order valence-electron chi connectivity index (χ0n) is 17.8. The molecule has 4 rings (SSSR count). The van der Waals surface area contributed by atoms with E-state index in [1.165, 1.54) is 34.4 Å². The second kappa shape index (κ2) is 9.45. The van der Waals surface area contributed by atoms with E-state index < -0.39 is 6.61 Å². The summed E-state index contributed by atoms with van der Waals surface area (Å²) in [6.07, 6.45) is 1.53. The van der Waals surface area contributed by atoms with Gasteiger partial charge in [-0.2, -0.15) is 8.78 Å². The van der Waals surface area contributed by atoms with Crippen molar-refractivity contribution in [1.82, 2.24) is 14.5 Å². The summed E-state index contributed by atoms with van der Waals surface area (Å²) in [5, 5.41) is 3.69. The summed E-state index contributed by atoms with van der Waals surface area (Å²) >= 11 is 1.31. The van der Waals surface area contributed by atoms with Crippen LogP contribution < -0.4 is 15.6 Å². The number of hydrogen-bond donors (Lipinski definition) is 1. The van der Waals surface area contributed by atoms with Crippen LogP contribution in [0.4, 0.5) is 13.9 Å².